The van der Waals surface area contributed by atoms with Crippen molar-refractivity contribution < 1.29 is 9.53 Å². The Labute approximate surface area is 92.7 Å². The Hall–Kier alpha value is -0.790. The molecule has 0 spiro atoms. The van der Waals surface area contributed by atoms with Crippen LogP contribution in [0.2, 0.25) is 0 Å². The summed E-state index contributed by atoms with van der Waals surface area (Å²) in [5, 5.41) is 0. The molecule has 0 amide bonds. The van der Waals surface area contributed by atoms with Crippen molar-refractivity contribution in [2.24, 2.45) is 5.92 Å². The highest BCUT2D eigenvalue weighted by molar-refractivity contribution is 5.72. The number of cyclic esters (lactones) is 1. The van der Waals surface area contributed by atoms with Crippen LogP contribution in [0, 0.1) is 5.92 Å². The molecule has 0 aliphatic carbocycles. The molecule has 0 aromatic heterocycles. The third-order valence-corrected chi connectivity index (χ3v) is 2.92. The lowest BCUT2D eigenvalue weighted by atomic mass is 10.0. The number of esters is 1. The predicted molar refractivity (Wildman–Crippen MR) is 61.6 cm³/mol. The van der Waals surface area contributed by atoms with Gasteiger partial charge in [-0.15, -0.1) is 0 Å². The van der Waals surface area contributed by atoms with Crippen LogP contribution in [0.5, 0.6) is 0 Å². The Balaban J connectivity index is 2.11. The molecule has 1 fully saturated rings. The van der Waals surface area contributed by atoms with E-state index in [-0.39, 0.29) is 12.1 Å². The summed E-state index contributed by atoms with van der Waals surface area (Å²) >= 11 is 0. The van der Waals surface area contributed by atoms with Crippen LogP contribution in [0.15, 0.2) is 12.2 Å². The number of rotatable bonds is 6. The minimum absolute atomic E-state index is 0.0353. The van der Waals surface area contributed by atoms with E-state index in [1.807, 2.05) is 0 Å². The summed E-state index contributed by atoms with van der Waals surface area (Å²) in [7, 11) is 0. The molecule has 1 aliphatic rings. The van der Waals surface area contributed by atoms with Crippen LogP contribution in [0.25, 0.3) is 0 Å². The number of carbonyl (C=O) groups excluding carboxylic acids is 1. The maximum Gasteiger partial charge on any atom is 0.306 e. The van der Waals surface area contributed by atoms with Crippen molar-refractivity contribution in [3.63, 3.8) is 0 Å². The Kier molecular flexibility index (Phi) is 5.44. The topological polar surface area (TPSA) is 26.3 Å². The molecule has 2 atom stereocenters. The van der Waals surface area contributed by atoms with Crippen LogP contribution in [0.4, 0.5) is 0 Å². The van der Waals surface area contributed by atoms with Gasteiger partial charge in [-0.1, -0.05) is 38.8 Å². The van der Waals surface area contributed by atoms with Crippen molar-refractivity contribution in [2.75, 3.05) is 0 Å². The Morgan fingerprint density at radius 2 is 2.20 bits per heavy atom. The summed E-state index contributed by atoms with van der Waals surface area (Å²) in [6, 6.07) is 0. The maximum atomic E-state index is 11.0. The van der Waals surface area contributed by atoms with Gasteiger partial charge in [-0.2, -0.15) is 0 Å². The molecule has 0 radical (unpaired) electrons. The van der Waals surface area contributed by atoms with Crippen LogP contribution in [0.1, 0.15) is 52.4 Å². The van der Waals surface area contributed by atoms with Crippen molar-refractivity contribution in [1.29, 1.82) is 0 Å². The summed E-state index contributed by atoms with van der Waals surface area (Å²) in [5.41, 5.74) is 0. The van der Waals surface area contributed by atoms with Crippen molar-refractivity contribution in [2.45, 2.75) is 58.5 Å². The van der Waals surface area contributed by atoms with Crippen molar-refractivity contribution in [1.82, 2.24) is 0 Å². The summed E-state index contributed by atoms with van der Waals surface area (Å²) in [6.45, 7) is 4.30. The van der Waals surface area contributed by atoms with E-state index < -0.39 is 0 Å². The minimum atomic E-state index is -0.0353. The molecule has 0 bridgehead atoms. The average Bonchev–Trinajstić information content (AvgIpc) is 2.51. The molecule has 2 heteroatoms. The molecule has 0 aromatic carbocycles. The van der Waals surface area contributed by atoms with Crippen molar-refractivity contribution in [3.8, 4) is 0 Å². The monoisotopic (exact) mass is 210 g/mol. The summed E-state index contributed by atoms with van der Waals surface area (Å²) in [4.78, 5) is 11.0. The molecule has 15 heavy (non-hydrogen) atoms. The number of unbranched alkanes of at least 4 members (excludes halogenated alkanes) is 3. The third-order valence-electron chi connectivity index (χ3n) is 2.92. The summed E-state index contributed by atoms with van der Waals surface area (Å²) in [6.07, 6.45) is 11.0. The lowest BCUT2D eigenvalue weighted by molar-refractivity contribution is -0.141. The van der Waals surface area contributed by atoms with Crippen LogP contribution < -0.4 is 0 Å². The van der Waals surface area contributed by atoms with Gasteiger partial charge in [0, 0.05) is 12.3 Å². The first-order chi connectivity index (χ1) is 7.24. The van der Waals surface area contributed by atoms with E-state index in [9.17, 15) is 4.79 Å². The van der Waals surface area contributed by atoms with Gasteiger partial charge in [0.15, 0.2) is 0 Å². The fraction of sp³-hybridized carbons (Fsp3) is 0.769. The van der Waals surface area contributed by atoms with Gasteiger partial charge < -0.3 is 4.74 Å². The van der Waals surface area contributed by atoms with Crippen LogP contribution in [-0.4, -0.2) is 12.1 Å². The zero-order valence-electron chi connectivity index (χ0n) is 9.87. The lowest BCUT2D eigenvalue weighted by Gasteiger charge is -2.10. The van der Waals surface area contributed by atoms with Crippen molar-refractivity contribution >= 4 is 5.97 Å². The summed E-state index contributed by atoms with van der Waals surface area (Å²) in [5.74, 6) is 0.352. The second kappa shape index (κ2) is 6.65. The third kappa shape index (κ3) is 4.50. The van der Waals surface area contributed by atoms with Gasteiger partial charge >= 0.3 is 5.97 Å². The zero-order chi connectivity index (χ0) is 11.1. The number of allylic oxidation sites excluding steroid dienone is 1. The molecule has 2 nitrogen and oxygen atoms in total. The predicted octanol–water partition coefficient (Wildman–Crippen LogP) is 3.46. The average molecular weight is 210 g/mol. The zero-order valence-corrected chi connectivity index (χ0v) is 9.87. The summed E-state index contributed by atoms with van der Waals surface area (Å²) < 4.78 is 5.21. The van der Waals surface area contributed by atoms with Crippen LogP contribution in [-0.2, 0) is 9.53 Å². The highest BCUT2D eigenvalue weighted by atomic mass is 16.5. The van der Waals surface area contributed by atoms with E-state index in [4.69, 9.17) is 4.74 Å². The van der Waals surface area contributed by atoms with E-state index in [0.29, 0.717) is 12.3 Å². The Bertz CT molecular complexity index is 221. The highest BCUT2D eigenvalue weighted by Gasteiger charge is 2.29. The molecule has 0 saturated carbocycles. The number of ether oxygens (including phenoxy) is 1. The first kappa shape index (κ1) is 12.3. The molecule has 1 rings (SSSR count). The fourth-order valence-electron chi connectivity index (χ4n) is 1.87. The number of carbonyl (C=O) groups is 1. The van der Waals surface area contributed by atoms with Crippen molar-refractivity contribution in [3.05, 3.63) is 12.2 Å². The molecule has 86 valence electrons. The quantitative estimate of drug-likeness (QED) is 0.381. The van der Waals surface area contributed by atoms with Crippen LogP contribution >= 0.6 is 0 Å². The van der Waals surface area contributed by atoms with Gasteiger partial charge in [0.2, 0.25) is 0 Å². The number of hydrogen-bond acceptors (Lipinski definition) is 2. The highest BCUT2D eigenvalue weighted by Crippen LogP contribution is 2.24. The van der Waals surface area contributed by atoms with Gasteiger partial charge in [-0.3, -0.25) is 4.79 Å². The van der Waals surface area contributed by atoms with E-state index in [0.717, 1.165) is 12.8 Å². The SMILES string of the molecule is CCCCC/C=C/C[C@@H]1OC(=O)C[C@H]1C. The van der Waals surface area contributed by atoms with E-state index >= 15 is 0 Å². The molecule has 0 aromatic rings. The fourth-order valence-corrected chi connectivity index (χ4v) is 1.87. The maximum absolute atomic E-state index is 11.0. The van der Waals surface area contributed by atoms with E-state index in [2.05, 4.69) is 26.0 Å². The normalized spacial score (nSPS) is 26.1. The standard InChI is InChI=1S/C13H22O2/c1-3-4-5-6-7-8-9-12-11(2)10-13(14)15-12/h7-8,11-12H,3-6,9-10H2,1-2H3/b8-7+/t11-,12+/m1/s1. The first-order valence-electron chi connectivity index (χ1n) is 6.08. The smallest absolute Gasteiger partial charge is 0.306 e. The largest absolute Gasteiger partial charge is 0.462 e. The molecular formula is C13H22O2. The number of hydrogen-bond donors (Lipinski definition) is 0. The van der Waals surface area contributed by atoms with Gasteiger partial charge in [-0.25, -0.2) is 0 Å². The molecule has 0 unspecified atom stereocenters. The second-order valence-electron chi connectivity index (χ2n) is 4.41. The van der Waals surface area contributed by atoms with Crippen LogP contribution in [0.3, 0.4) is 0 Å². The van der Waals surface area contributed by atoms with Gasteiger partial charge in [-0.05, 0) is 12.8 Å². The molecule has 1 heterocycles. The lowest BCUT2D eigenvalue weighted by Crippen LogP contribution is -2.11. The molecule has 1 aliphatic heterocycles. The van der Waals surface area contributed by atoms with Gasteiger partial charge in [0.05, 0.1) is 6.42 Å². The molecule has 0 N–H and O–H groups in total. The van der Waals surface area contributed by atoms with E-state index in [1.54, 1.807) is 0 Å². The second-order valence-corrected chi connectivity index (χ2v) is 4.41. The Morgan fingerprint density at radius 3 is 2.80 bits per heavy atom. The molecule has 1 saturated heterocycles. The van der Waals surface area contributed by atoms with E-state index in [1.165, 1.54) is 19.3 Å². The van der Waals surface area contributed by atoms with Gasteiger partial charge in [0.1, 0.15) is 6.10 Å². The first-order valence-corrected chi connectivity index (χ1v) is 6.08. The van der Waals surface area contributed by atoms with Gasteiger partial charge in [0.25, 0.3) is 0 Å². The molecular weight excluding hydrogens is 188 g/mol. The minimum Gasteiger partial charge on any atom is -0.462 e. The Morgan fingerprint density at radius 1 is 1.40 bits per heavy atom.